The zero-order valence-electron chi connectivity index (χ0n) is 36.8. The number of hydrogen-bond donors (Lipinski definition) is 10. The molecule has 0 amide bonds. The van der Waals surface area contributed by atoms with Crippen LogP contribution in [0, 0.1) is 44.8 Å². The highest BCUT2D eigenvalue weighted by Crippen LogP contribution is 2.89. The largest absolute Gasteiger partial charge is 0.460 e. The standard InChI is InChI=1S/C44H72O17/c1-19-27(50)29(52)31(54)36(56-19)60-32-30(53)28(51)23(16-45)58-37(32)59-25-9-10-44-18-43(44)12-11-40(6)34(42(8)14-21(48)35(61-42)39(4,5)55)22(57-26(49)17-46)15-41(40,7)24(43)13-20(47)33(44)38(25,2)3/h19-25,27-37,45-48,50-55H,9-18H2,1-8H3. The Balaban J connectivity index is 1.07. The molecule has 8 rings (SSSR count). The number of aliphatic hydroxyl groups is 10. The minimum atomic E-state index is -1.70. The molecule has 17 nitrogen and oxygen atoms in total. The Bertz CT molecular complexity index is 1660. The third kappa shape index (κ3) is 6.68. The molecule has 5 aliphatic carbocycles. The van der Waals surface area contributed by atoms with Crippen LogP contribution in [0.1, 0.15) is 107 Å². The van der Waals surface area contributed by atoms with Crippen LogP contribution in [-0.4, -0.2) is 173 Å². The van der Waals surface area contributed by atoms with Crippen LogP contribution in [0.15, 0.2) is 0 Å². The first-order valence-electron chi connectivity index (χ1n) is 22.5. The fourth-order valence-electron chi connectivity index (χ4n) is 15.6. The van der Waals surface area contributed by atoms with Gasteiger partial charge in [0.15, 0.2) is 12.6 Å². The molecule has 0 radical (unpaired) electrons. The molecule has 2 spiro atoms. The normalized spacial score (nSPS) is 56.4. The van der Waals surface area contributed by atoms with E-state index in [2.05, 4.69) is 27.7 Å². The van der Waals surface area contributed by atoms with Crippen LogP contribution < -0.4 is 0 Å². The number of carbonyl (C=O) groups excluding carboxylic acids is 1. The molecule has 10 N–H and O–H groups in total. The molecule has 61 heavy (non-hydrogen) atoms. The van der Waals surface area contributed by atoms with Crippen molar-refractivity contribution in [1.29, 1.82) is 0 Å². The molecule has 0 bridgehead atoms. The maximum Gasteiger partial charge on any atom is 0.332 e. The molecule has 8 fully saturated rings. The van der Waals surface area contributed by atoms with E-state index in [0.717, 1.165) is 19.3 Å². The van der Waals surface area contributed by atoms with Crippen LogP contribution in [-0.2, 0) is 33.2 Å². The molecular formula is C44H72O17. The summed E-state index contributed by atoms with van der Waals surface area (Å²) in [6.07, 6.45) is -13.3. The minimum Gasteiger partial charge on any atom is -0.460 e. The number of esters is 1. The molecule has 5 saturated carbocycles. The first-order valence-corrected chi connectivity index (χ1v) is 22.5. The number of aliphatic hydroxyl groups excluding tert-OH is 9. The zero-order valence-corrected chi connectivity index (χ0v) is 36.8. The average molecular weight is 873 g/mol. The maximum absolute atomic E-state index is 12.9. The van der Waals surface area contributed by atoms with Gasteiger partial charge in [0.25, 0.3) is 0 Å². The van der Waals surface area contributed by atoms with Gasteiger partial charge in [0.05, 0.1) is 42.2 Å². The summed E-state index contributed by atoms with van der Waals surface area (Å²) in [5, 5.41) is 108. The highest BCUT2D eigenvalue weighted by molar-refractivity contribution is 5.70. The molecular weight excluding hydrogens is 800 g/mol. The van der Waals surface area contributed by atoms with Crippen molar-refractivity contribution in [3.05, 3.63) is 0 Å². The average Bonchev–Trinajstić information content (AvgIpc) is 3.61. The maximum atomic E-state index is 12.9. The lowest BCUT2D eigenvalue weighted by atomic mass is 9.41. The Kier molecular flexibility index (Phi) is 11.6. The Labute approximate surface area is 357 Å². The van der Waals surface area contributed by atoms with E-state index in [1.807, 2.05) is 6.92 Å². The second-order valence-corrected chi connectivity index (χ2v) is 22.3. The van der Waals surface area contributed by atoms with Gasteiger partial charge in [0.1, 0.15) is 61.5 Å². The van der Waals surface area contributed by atoms with Gasteiger partial charge in [-0.3, -0.25) is 0 Å². The summed E-state index contributed by atoms with van der Waals surface area (Å²) in [4.78, 5) is 12.9. The summed E-state index contributed by atoms with van der Waals surface area (Å²) in [5.74, 6) is -1.32. The first-order chi connectivity index (χ1) is 28.3. The van der Waals surface area contributed by atoms with Crippen LogP contribution in [0.2, 0.25) is 0 Å². The summed E-state index contributed by atoms with van der Waals surface area (Å²) in [5.41, 5.74) is -4.33. The summed E-state index contributed by atoms with van der Waals surface area (Å²) >= 11 is 0. The van der Waals surface area contributed by atoms with Gasteiger partial charge in [-0.15, -0.1) is 0 Å². The zero-order chi connectivity index (χ0) is 44.8. The van der Waals surface area contributed by atoms with Crippen LogP contribution in [0.4, 0.5) is 0 Å². The van der Waals surface area contributed by atoms with Crippen molar-refractivity contribution in [2.75, 3.05) is 13.2 Å². The highest BCUT2D eigenvalue weighted by atomic mass is 16.8. The topological polar surface area (TPSA) is 275 Å². The van der Waals surface area contributed by atoms with Crippen LogP contribution in [0.5, 0.6) is 0 Å². The molecule has 23 unspecified atom stereocenters. The van der Waals surface area contributed by atoms with E-state index >= 15 is 0 Å². The van der Waals surface area contributed by atoms with Gasteiger partial charge in [-0.05, 0) is 112 Å². The smallest absolute Gasteiger partial charge is 0.332 e. The summed E-state index contributed by atoms with van der Waals surface area (Å²) < 4.78 is 37.3. The van der Waals surface area contributed by atoms with Crippen molar-refractivity contribution in [3.63, 3.8) is 0 Å². The van der Waals surface area contributed by atoms with Crippen molar-refractivity contribution in [1.82, 2.24) is 0 Å². The Morgan fingerprint density at radius 3 is 2.07 bits per heavy atom. The molecule has 23 atom stereocenters. The Morgan fingerprint density at radius 1 is 0.754 bits per heavy atom. The lowest BCUT2D eigenvalue weighted by Crippen LogP contribution is -2.66. The van der Waals surface area contributed by atoms with E-state index in [-0.39, 0.29) is 35.0 Å². The van der Waals surface area contributed by atoms with E-state index < -0.39 is 139 Å². The molecule has 3 heterocycles. The summed E-state index contributed by atoms with van der Waals surface area (Å²) in [7, 11) is 0. The number of rotatable bonds is 9. The van der Waals surface area contributed by atoms with Gasteiger partial charge in [0, 0.05) is 12.3 Å². The van der Waals surface area contributed by atoms with E-state index in [1.54, 1.807) is 13.8 Å². The first kappa shape index (κ1) is 46.4. The lowest BCUT2D eigenvalue weighted by Gasteiger charge is -2.64. The van der Waals surface area contributed by atoms with Crippen molar-refractivity contribution >= 4 is 5.97 Å². The van der Waals surface area contributed by atoms with Crippen molar-refractivity contribution in [3.8, 4) is 0 Å². The second-order valence-electron chi connectivity index (χ2n) is 22.3. The fraction of sp³-hybridized carbons (Fsp3) is 0.977. The van der Waals surface area contributed by atoms with E-state index in [4.69, 9.17) is 28.4 Å². The number of ether oxygens (including phenoxy) is 6. The van der Waals surface area contributed by atoms with Crippen molar-refractivity contribution in [2.45, 2.75) is 210 Å². The molecule has 8 aliphatic rings. The third-order valence-electron chi connectivity index (χ3n) is 18.3. The quantitative estimate of drug-likeness (QED) is 0.105. The number of fused-ring (bicyclic) bond motifs is 2. The van der Waals surface area contributed by atoms with E-state index in [9.17, 15) is 55.9 Å². The third-order valence-corrected chi connectivity index (χ3v) is 18.3. The van der Waals surface area contributed by atoms with Crippen LogP contribution >= 0.6 is 0 Å². The van der Waals surface area contributed by atoms with Gasteiger partial charge in [-0.2, -0.15) is 0 Å². The monoisotopic (exact) mass is 872 g/mol. The Hall–Kier alpha value is -1.13. The molecule has 3 saturated heterocycles. The molecule has 17 heteroatoms. The Morgan fingerprint density at radius 2 is 1.44 bits per heavy atom. The van der Waals surface area contributed by atoms with Crippen molar-refractivity contribution in [2.24, 2.45) is 44.8 Å². The molecule has 350 valence electrons. The van der Waals surface area contributed by atoms with Crippen LogP contribution in [0.3, 0.4) is 0 Å². The number of hydrogen-bond acceptors (Lipinski definition) is 17. The highest BCUT2D eigenvalue weighted by Gasteiger charge is 2.85. The van der Waals surface area contributed by atoms with Gasteiger partial charge in [-0.1, -0.05) is 27.7 Å². The second kappa shape index (κ2) is 15.2. The molecule has 0 aromatic heterocycles. The van der Waals surface area contributed by atoms with Gasteiger partial charge >= 0.3 is 5.97 Å². The van der Waals surface area contributed by atoms with Crippen LogP contribution in [0.25, 0.3) is 0 Å². The molecule has 0 aromatic carbocycles. The summed E-state index contributed by atoms with van der Waals surface area (Å²) in [6, 6.07) is 0. The predicted octanol–water partition coefficient (Wildman–Crippen LogP) is -0.373. The van der Waals surface area contributed by atoms with Gasteiger partial charge < -0.3 is 79.5 Å². The van der Waals surface area contributed by atoms with Gasteiger partial charge in [0.2, 0.25) is 0 Å². The minimum absolute atomic E-state index is 0.0261. The van der Waals surface area contributed by atoms with Gasteiger partial charge in [-0.25, -0.2) is 4.79 Å². The lowest BCUT2D eigenvalue weighted by molar-refractivity contribution is -0.376. The molecule has 0 aromatic rings. The predicted molar refractivity (Wildman–Crippen MR) is 211 cm³/mol. The summed E-state index contributed by atoms with van der Waals surface area (Å²) in [6.45, 7) is 13.8. The van der Waals surface area contributed by atoms with E-state index in [1.165, 1.54) is 6.92 Å². The number of carbonyl (C=O) groups is 1. The van der Waals surface area contributed by atoms with Crippen molar-refractivity contribution < 1.29 is 84.3 Å². The van der Waals surface area contributed by atoms with E-state index in [0.29, 0.717) is 25.7 Å². The SMILES string of the molecule is CC1OC(OC2C(OC3CCC45CC46CCC4(C)C(C7(C)CC(O)C(C(C)(C)O)O7)C(OC(=O)CO)CC4(C)C6CC(O)C5C3(C)C)OC(CO)C(O)C2O)C(O)C(O)C1O. The molecule has 3 aliphatic heterocycles. The fourth-order valence-corrected chi connectivity index (χ4v) is 15.6.